The van der Waals surface area contributed by atoms with Crippen LogP contribution in [0, 0.1) is 11.8 Å². The lowest BCUT2D eigenvalue weighted by atomic mass is 9.74. The van der Waals surface area contributed by atoms with Gasteiger partial charge in [-0.15, -0.1) is 10.2 Å². The lowest BCUT2D eigenvalue weighted by Gasteiger charge is -2.28. The van der Waals surface area contributed by atoms with Crippen molar-refractivity contribution in [2.75, 3.05) is 38.7 Å². The average molecular weight is 354 g/mol. The van der Waals surface area contributed by atoms with E-state index in [4.69, 9.17) is 9.47 Å². The van der Waals surface area contributed by atoms with Crippen molar-refractivity contribution in [3.05, 3.63) is 5.01 Å². The number of aliphatic hydroxyl groups is 1. The fourth-order valence-corrected chi connectivity index (χ4v) is 5.23. The van der Waals surface area contributed by atoms with Gasteiger partial charge in [-0.3, -0.25) is 15.0 Å². The fourth-order valence-electron chi connectivity index (χ4n) is 4.50. The molecule has 4 atom stereocenters. The number of ether oxygens (including phenoxy) is 2. The number of hydrogen-bond donors (Lipinski definition) is 2. The molecule has 9 heteroatoms. The van der Waals surface area contributed by atoms with Crippen molar-refractivity contribution in [3.63, 3.8) is 0 Å². The van der Waals surface area contributed by atoms with Crippen molar-refractivity contribution in [3.8, 4) is 0 Å². The maximum absolute atomic E-state index is 12.3. The molecule has 0 radical (unpaired) electrons. The minimum Gasteiger partial charge on any atom is -0.396 e. The average Bonchev–Trinajstić information content (AvgIpc) is 3.27. The third kappa shape index (κ3) is 2.74. The van der Waals surface area contributed by atoms with Gasteiger partial charge in [0.05, 0.1) is 18.2 Å². The van der Waals surface area contributed by atoms with Gasteiger partial charge in [-0.1, -0.05) is 11.3 Å². The van der Waals surface area contributed by atoms with Crippen molar-refractivity contribution >= 4 is 22.4 Å². The minimum absolute atomic E-state index is 0.0958. The monoisotopic (exact) mass is 354 g/mol. The zero-order chi connectivity index (χ0) is 16.7. The molecule has 8 nitrogen and oxygen atoms in total. The Kier molecular flexibility index (Phi) is 4.29. The van der Waals surface area contributed by atoms with Crippen molar-refractivity contribution in [1.82, 2.24) is 15.1 Å². The molecular formula is C15H22N4O4S. The summed E-state index contributed by atoms with van der Waals surface area (Å²) in [6.07, 6.45) is 2.26. The van der Waals surface area contributed by atoms with E-state index in [1.54, 1.807) is 7.11 Å². The lowest BCUT2D eigenvalue weighted by molar-refractivity contribution is -0.117. The van der Waals surface area contributed by atoms with Crippen molar-refractivity contribution < 1.29 is 19.4 Å². The van der Waals surface area contributed by atoms with Crippen molar-refractivity contribution in [2.45, 2.75) is 31.2 Å². The Bertz CT molecular complexity index is 626. The van der Waals surface area contributed by atoms with Crippen LogP contribution in [0.4, 0.5) is 5.13 Å². The first-order valence-electron chi connectivity index (χ1n) is 8.26. The SMILES string of the molecule is COCc1nnc(NC(=O)CN2C[C@H]3[C@@H](CO)[C@@H]4CC[C@@]3(C2)O4)s1. The summed E-state index contributed by atoms with van der Waals surface area (Å²) >= 11 is 1.32. The van der Waals surface area contributed by atoms with Crippen LogP contribution in [-0.2, 0) is 20.9 Å². The van der Waals surface area contributed by atoms with E-state index in [9.17, 15) is 9.90 Å². The van der Waals surface area contributed by atoms with Crippen LogP contribution in [0.2, 0.25) is 0 Å². The number of nitrogens with one attached hydrogen (secondary N) is 1. The molecule has 3 aliphatic heterocycles. The van der Waals surface area contributed by atoms with Gasteiger partial charge in [0, 0.05) is 38.6 Å². The minimum atomic E-state index is -0.146. The fraction of sp³-hybridized carbons (Fsp3) is 0.800. The Balaban J connectivity index is 1.34. The quantitative estimate of drug-likeness (QED) is 0.747. The molecule has 132 valence electrons. The van der Waals surface area contributed by atoms with Gasteiger partial charge in [-0.05, 0) is 12.8 Å². The van der Waals surface area contributed by atoms with E-state index in [0.717, 1.165) is 30.9 Å². The molecule has 4 rings (SSSR count). The Morgan fingerprint density at radius 1 is 1.58 bits per heavy atom. The second-order valence-corrected chi connectivity index (χ2v) is 7.93. The number of carbonyl (C=O) groups excluding carboxylic acids is 1. The van der Waals surface area contributed by atoms with E-state index in [0.29, 0.717) is 24.2 Å². The van der Waals surface area contributed by atoms with Gasteiger partial charge in [-0.25, -0.2) is 0 Å². The van der Waals surface area contributed by atoms with Gasteiger partial charge in [-0.2, -0.15) is 0 Å². The van der Waals surface area contributed by atoms with Gasteiger partial charge < -0.3 is 14.6 Å². The summed E-state index contributed by atoms with van der Waals surface area (Å²) in [6.45, 7) is 2.45. The molecule has 3 aliphatic rings. The maximum atomic E-state index is 12.3. The predicted molar refractivity (Wildman–Crippen MR) is 86.6 cm³/mol. The van der Waals surface area contributed by atoms with E-state index >= 15 is 0 Å². The van der Waals surface area contributed by atoms with Gasteiger partial charge in [0.1, 0.15) is 11.6 Å². The number of amides is 1. The number of rotatable bonds is 6. The number of aliphatic hydroxyl groups excluding tert-OH is 1. The zero-order valence-corrected chi connectivity index (χ0v) is 14.4. The number of aromatic nitrogens is 2. The first-order valence-corrected chi connectivity index (χ1v) is 9.07. The molecule has 1 spiro atoms. The number of carbonyl (C=O) groups is 1. The summed E-state index contributed by atoms with van der Waals surface area (Å²) in [5, 5.41) is 21.6. The summed E-state index contributed by atoms with van der Waals surface area (Å²) in [5.74, 6) is 0.456. The highest BCUT2D eigenvalue weighted by atomic mass is 32.1. The highest BCUT2D eigenvalue weighted by Gasteiger charge is 2.62. The molecule has 2 bridgehead atoms. The number of hydrogen-bond acceptors (Lipinski definition) is 8. The molecule has 0 aromatic carbocycles. The van der Waals surface area contributed by atoms with E-state index in [-0.39, 0.29) is 30.1 Å². The third-order valence-corrected chi connectivity index (χ3v) is 6.23. The third-order valence-electron chi connectivity index (χ3n) is 5.41. The van der Waals surface area contributed by atoms with Crippen LogP contribution in [0.5, 0.6) is 0 Å². The van der Waals surface area contributed by atoms with Crippen LogP contribution in [0.1, 0.15) is 17.8 Å². The number of fused-ring (bicyclic) bond motifs is 1. The number of nitrogens with zero attached hydrogens (tertiary/aromatic N) is 3. The predicted octanol–water partition coefficient (Wildman–Crippen LogP) is 0.0947. The summed E-state index contributed by atoms with van der Waals surface area (Å²) in [7, 11) is 1.60. The molecule has 3 saturated heterocycles. The van der Waals surface area contributed by atoms with Crippen molar-refractivity contribution in [1.29, 1.82) is 0 Å². The van der Waals surface area contributed by atoms with Crippen LogP contribution in [0.3, 0.4) is 0 Å². The molecule has 0 unspecified atom stereocenters. The summed E-state index contributed by atoms with van der Waals surface area (Å²) in [6, 6.07) is 0. The molecule has 4 heterocycles. The van der Waals surface area contributed by atoms with Crippen LogP contribution in [-0.4, -0.2) is 71.2 Å². The molecule has 24 heavy (non-hydrogen) atoms. The van der Waals surface area contributed by atoms with E-state index in [1.165, 1.54) is 11.3 Å². The van der Waals surface area contributed by atoms with Crippen LogP contribution >= 0.6 is 11.3 Å². The van der Waals surface area contributed by atoms with Crippen molar-refractivity contribution in [2.24, 2.45) is 11.8 Å². The number of anilines is 1. The van der Waals surface area contributed by atoms with Gasteiger partial charge in [0.2, 0.25) is 11.0 Å². The van der Waals surface area contributed by atoms with Gasteiger partial charge in [0.15, 0.2) is 0 Å². The normalized spacial score (nSPS) is 34.7. The van der Waals surface area contributed by atoms with Gasteiger partial charge >= 0.3 is 0 Å². The molecule has 1 aromatic rings. The molecule has 1 amide bonds. The zero-order valence-electron chi connectivity index (χ0n) is 13.6. The second-order valence-electron chi connectivity index (χ2n) is 6.86. The van der Waals surface area contributed by atoms with Gasteiger partial charge in [0.25, 0.3) is 0 Å². The van der Waals surface area contributed by atoms with Crippen LogP contribution in [0.15, 0.2) is 0 Å². The molecule has 2 N–H and O–H groups in total. The summed E-state index contributed by atoms with van der Waals surface area (Å²) in [5.41, 5.74) is -0.146. The highest BCUT2D eigenvalue weighted by molar-refractivity contribution is 7.15. The summed E-state index contributed by atoms with van der Waals surface area (Å²) < 4.78 is 11.2. The van der Waals surface area contributed by atoms with E-state index < -0.39 is 0 Å². The number of likely N-dealkylation sites (tertiary alicyclic amines) is 1. The molecular weight excluding hydrogens is 332 g/mol. The maximum Gasteiger partial charge on any atom is 0.240 e. The highest BCUT2D eigenvalue weighted by Crippen LogP contribution is 2.54. The Labute approximate surface area is 144 Å². The smallest absolute Gasteiger partial charge is 0.240 e. The largest absolute Gasteiger partial charge is 0.396 e. The van der Waals surface area contributed by atoms with E-state index in [2.05, 4.69) is 20.4 Å². The molecule has 0 aliphatic carbocycles. The Morgan fingerprint density at radius 3 is 3.25 bits per heavy atom. The molecule has 1 aromatic heterocycles. The van der Waals surface area contributed by atoms with Crippen LogP contribution in [0.25, 0.3) is 0 Å². The first-order chi connectivity index (χ1) is 11.6. The standard InChI is InChI=1S/C15H22N4O4S/c1-22-7-13-17-18-14(24-13)16-12(21)5-19-4-10-9(6-20)11-2-3-15(10,8-19)23-11/h9-11,20H,2-8H2,1H3,(H,16,18,21)/t9-,10+,11+,15+/m1/s1. The Morgan fingerprint density at radius 2 is 2.46 bits per heavy atom. The van der Waals surface area contributed by atoms with E-state index in [1.807, 2.05) is 0 Å². The summed E-state index contributed by atoms with van der Waals surface area (Å²) in [4.78, 5) is 14.4. The molecule has 3 fully saturated rings. The lowest BCUT2D eigenvalue weighted by Crippen LogP contribution is -2.38. The Hall–Kier alpha value is -1.13. The second kappa shape index (κ2) is 6.30. The number of methoxy groups -OCH3 is 1. The molecule has 0 saturated carbocycles. The topological polar surface area (TPSA) is 96.8 Å². The van der Waals surface area contributed by atoms with Crippen LogP contribution < -0.4 is 5.32 Å². The first kappa shape index (κ1) is 16.3.